The van der Waals surface area contributed by atoms with E-state index < -0.39 is 6.09 Å². The average molecular weight is 145 g/mol. The van der Waals surface area contributed by atoms with Crippen LogP contribution in [0.5, 0.6) is 0 Å². The number of likely N-dealkylation sites (tertiary alicyclic amines) is 1. The summed E-state index contributed by atoms with van der Waals surface area (Å²) in [5.74, 6) is 0.149. The fourth-order valence-electron chi connectivity index (χ4n) is 1.15. The lowest BCUT2D eigenvalue weighted by molar-refractivity contribution is 0.00504. The Labute approximate surface area is 59.1 Å². The van der Waals surface area contributed by atoms with Crippen molar-refractivity contribution < 1.29 is 15.0 Å². The van der Waals surface area contributed by atoms with Gasteiger partial charge in [-0.3, -0.25) is 0 Å². The maximum Gasteiger partial charge on any atom is 0.407 e. The Morgan fingerprint density at radius 2 is 2.40 bits per heavy atom. The van der Waals surface area contributed by atoms with Crippen molar-refractivity contribution in [1.82, 2.24) is 4.90 Å². The first-order valence-corrected chi connectivity index (χ1v) is 3.27. The number of carboxylic acid groups (broad SMARTS) is 1. The smallest absolute Gasteiger partial charge is 0.407 e. The molecule has 10 heavy (non-hydrogen) atoms. The molecule has 1 heterocycles. The first-order chi connectivity index (χ1) is 4.66. The molecule has 0 aliphatic carbocycles. The highest BCUT2D eigenvalue weighted by Gasteiger charge is 2.37. The molecule has 0 radical (unpaired) electrons. The standard InChI is InChI=1S/C6H11NO3/c1-4-5(3-8)2-7(4)6(9)10/h4-5,8H,2-3H2,1H3,(H,9,10). The lowest BCUT2D eigenvalue weighted by atomic mass is 9.91. The lowest BCUT2D eigenvalue weighted by Crippen LogP contribution is -2.57. The molecule has 1 fully saturated rings. The monoisotopic (exact) mass is 145 g/mol. The van der Waals surface area contributed by atoms with Crippen molar-refractivity contribution >= 4 is 6.09 Å². The summed E-state index contributed by atoms with van der Waals surface area (Å²) in [5.41, 5.74) is 0. The molecule has 2 atom stereocenters. The van der Waals surface area contributed by atoms with Crippen LogP contribution in [0.2, 0.25) is 0 Å². The summed E-state index contributed by atoms with van der Waals surface area (Å²) < 4.78 is 0. The van der Waals surface area contributed by atoms with Crippen LogP contribution in [0, 0.1) is 5.92 Å². The van der Waals surface area contributed by atoms with Gasteiger partial charge in [-0.15, -0.1) is 0 Å². The van der Waals surface area contributed by atoms with Gasteiger partial charge < -0.3 is 15.1 Å². The molecule has 1 amide bonds. The van der Waals surface area contributed by atoms with E-state index in [1.165, 1.54) is 4.90 Å². The molecule has 0 spiro atoms. The lowest BCUT2D eigenvalue weighted by Gasteiger charge is -2.43. The van der Waals surface area contributed by atoms with E-state index in [0.717, 1.165) is 0 Å². The number of aliphatic hydroxyl groups is 1. The van der Waals surface area contributed by atoms with Gasteiger partial charge in [0.15, 0.2) is 0 Å². The van der Waals surface area contributed by atoms with E-state index in [1.54, 1.807) is 6.92 Å². The summed E-state index contributed by atoms with van der Waals surface area (Å²) >= 11 is 0. The number of hydrogen-bond donors (Lipinski definition) is 2. The van der Waals surface area contributed by atoms with Crippen molar-refractivity contribution in [2.75, 3.05) is 13.2 Å². The third-order valence-electron chi connectivity index (χ3n) is 2.09. The zero-order valence-corrected chi connectivity index (χ0v) is 5.82. The van der Waals surface area contributed by atoms with Gasteiger partial charge >= 0.3 is 6.09 Å². The van der Waals surface area contributed by atoms with Crippen molar-refractivity contribution in [3.8, 4) is 0 Å². The summed E-state index contributed by atoms with van der Waals surface area (Å²) in [4.78, 5) is 11.6. The fourth-order valence-corrected chi connectivity index (χ4v) is 1.15. The van der Waals surface area contributed by atoms with E-state index >= 15 is 0 Å². The molecule has 1 rings (SSSR count). The number of rotatable bonds is 1. The summed E-state index contributed by atoms with van der Waals surface area (Å²) in [7, 11) is 0. The van der Waals surface area contributed by atoms with Crippen LogP contribution in [0.1, 0.15) is 6.92 Å². The van der Waals surface area contributed by atoms with Crippen LogP contribution in [-0.2, 0) is 0 Å². The van der Waals surface area contributed by atoms with Crippen molar-refractivity contribution in [2.45, 2.75) is 13.0 Å². The molecule has 1 aliphatic rings. The van der Waals surface area contributed by atoms with Gasteiger partial charge in [-0.25, -0.2) is 4.79 Å². The number of aliphatic hydroxyl groups excluding tert-OH is 1. The van der Waals surface area contributed by atoms with Crippen molar-refractivity contribution in [2.24, 2.45) is 5.92 Å². The number of amides is 1. The van der Waals surface area contributed by atoms with Crippen LogP contribution >= 0.6 is 0 Å². The van der Waals surface area contributed by atoms with Gasteiger partial charge in [-0.05, 0) is 6.92 Å². The zero-order valence-electron chi connectivity index (χ0n) is 5.82. The van der Waals surface area contributed by atoms with Gasteiger partial charge in [-0.2, -0.15) is 0 Å². The minimum absolute atomic E-state index is 0.0116. The van der Waals surface area contributed by atoms with Gasteiger partial charge in [0.05, 0.1) is 0 Å². The number of carbonyl (C=O) groups is 1. The van der Waals surface area contributed by atoms with E-state index in [2.05, 4.69) is 0 Å². The Kier molecular flexibility index (Phi) is 1.80. The molecule has 0 bridgehead atoms. The summed E-state index contributed by atoms with van der Waals surface area (Å²) in [6.07, 6.45) is -0.891. The Bertz CT molecular complexity index is 148. The topological polar surface area (TPSA) is 60.8 Å². The molecule has 2 unspecified atom stereocenters. The van der Waals surface area contributed by atoms with E-state index in [-0.39, 0.29) is 18.6 Å². The molecule has 0 aromatic rings. The van der Waals surface area contributed by atoms with Gasteiger partial charge in [0.1, 0.15) is 0 Å². The molecule has 1 aliphatic heterocycles. The van der Waals surface area contributed by atoms with E-state index in [0.29, 0.717) is 6.54 Å². The first kappa shape index (κ1) is 7.34. The maximum atomic E-state index is 10.3. The van der Waals surface area contributed by atoms with Gasteiger partial charge in [0, 0.05) is 25.1 Å². The molecule has 0 saturated carbocycles. The van der Waals surface area contributed by atoms with Gasteiger partial charge in [-0.1, -0.05) is 0 Å². The highest BCUT2D eigenvalue weighted by Crippen LogP contribution is 2.23. The molecule has 0 aromatic carbocycles. The highest BCUT2D eigenvalue weighted by molar-refractivity contribution is 5.66. The van der Waals surface area contributed by atoms with Crippen LogP contribution in [0.25, 0.3) is 0 Å². The molecule has 4 heteroatoms. The third kappa shape index (κ3) is 0.945. The predicted molar refractivity (Wildman–Crippen MR) is 34.8 cm³/mol. The van der Waals surface area contributed by atoms with Crippen LogP contribution in [-0.4, -0.2) is 40.4 Å². The van der Waals surface area contributed by atoms with Gasteiger partial charge in [0.2, 0.25) is 0 Å². The fraction of sp³-hybridized carbons (Fsp3) is 0.833. The zero-order chi connectivity index (χ0) is 7.72. The third-order valence-corrected chi connectivity index (χ3v) is 2.09. The molecular formula is C6H11NO3. The Morgan fingerprint density at radius 1 is 1.80 bits per heavy atom. The Balaban J connectivity index is 2.39. The SMILES string of the molecule is CC1C(CO)CN1C(=O)O. The first-order valence-electron chi connectivity index (χ1n) is 3.27. The minimum Gasteiger partial charge on any atom is -0.465 e. The molecular weight excluding hydrogens is 134 g/mol. The Hall–Kier alpha value is -0.770. The van der Waals surface area contributed by atoms with E-state index in [1.807, 2.05) is 0 Å². The number of hydrogen-bond acceptors (Lipinski definition) is 2. The summed E-state index contributed by atoms with van der Waals surface area (Å²) in [6, 6.07) is -0.0116. The van der Waals surface area contributed by atoms with Crippen LogP contribution in [0.3, 0.4) is 0 Å². The maximum absolute atomic E-state index is 10.3. The summed E-state index contributed by atoms with van der Waals surface area (Å²) in [5, 5.41) is 17.1. The molecule has 58 valence electrons. The van der Waals surface area contributed by atoms with Crippen LogP contribution < -0.4 is 0 Å². The van der Waals surface area contributed by atoms with Crippen LogP contribution in [0.15, 0.2) is 0 Å². The second-order valence-electron chi connectivity index (χ2n) is 2.62. The second kappa shape index (κ2) is 2.46. The second-order valence-corrected chi connectivity index (χ2v) is 2.62. The average Bonchev–Trinajstić information content (AvgIpc) is 1.85. The normalized spacial score (nSPS) is 31.6. The predicted octanol–water partition coefficient (Wildman–Crippen LogP) is -0.0230. The van der Waals surface area contributed by atoms with Crippen molar-refractivity contribution in [3.63, 3.8) is 0 Å². The highest BCUT2D eigenvalue weighted by atomic mass is 16.4. The minimum atomic E-state index is -0.891. The van der Waals surface area contributed by atoms with Crippen LogP contribution in [0.4, 0.5) is 4.79 Å². The molecule has 1 saturated heterocycles. The molecule has 4 nitrogen and oxygen atoms in total. The molecule has 2 N–H and O–H groups in total. The largest absolute Gasteiger partial charge is 0.465 e. The van der Waals surface area contributed by atoms with Crippen molar-refractivity contribution in [3.05, 3.63) is 0 Å². The Morgan fingerprint density at radius 3 is 2.70 bits per heavy atom. The number of nitrogens with zero attached hydrogens (tertiary/aromatic N) is 1. The van der Waals surface area contributed by atoms with E-state index in [4.69, 9.17) is 10.2 Å². The summed E-state index contributed by atoms with van der Waals surface area (Å²) in [6.45, 7) is 2.37. The van der Waals surface area contributed by atoms with Crippen molar-refractivity contribution in [1.29, 1.82) is 0 Å². The van der Waals surface area contributed by atoms with Gasteiger partial charge in [0.25, 0.3) is 0 Å². The quantitative estimate of drug-likeness (QED) is 0.545. The van der Waals surface area contributed by atoms with E-state index in [9.17, 15) is 4.79 Å². The molecule has 0 aromatic heterocycles.